The molecule has 17 heavy (non-hydrogen) atoms. The molecular formula is C13H17BrN2O. The summed E-state index contributed by atoms with van der Waals surface area (Å²) in [6.45, 7) is 6.14. The molecule has 1 amide bonds. The van der Waals surface area contributed by atoms with Gasteiger partial charge in [0.25, 0.3) is 5.91 Å². The lowest BCUT2D eigenvalue weighted by Crippen LogP contribution is -2.43. The third-order valence-corrected chi connectivity index (χ3v) is 3.59. The van der Waals surface area contributed by atoms with Crippen molar-refractivity contribution >= 4 is 21.8 Å². The number of hydrogen-bond acceptors (Lipinski definition) is 2. The van der Waals surface area contributed by atoms with Gasteiger partial charge >= 0.3 is 0 Å². The van der Waals surface area contributed by atoms with Crippen LogP contribution in [0.4, 0.5) is 0 Å². The molecule has 0 bridgehead atoms. The highest BCUT2D eigenvalue weighted by atomic mass is 79.9. The molecule has 2 rings (SSSR count). The molecule has 4 heteroatoms. The van der Waals surface area contributed by atoms with E-state index in [1.807, 2.05) is 4.90 Å². The van der Waals surface area contributed by atoms with Crippen molar-refractivity contribution in [1.29, 1.82) is 0 Å². The first-order chi connectivity index (χ1) is 7.98. The Morgan fingerprint density at radius 3 is 2.94 bits per heavy atom. The van der Waals surface area contributed by atoms with E-state index in [1.165, 1.54) is 6.42 Å². The van der Waals surface area contributed by atoms with Crippen LogP contribution in [-0.2, 0) is 0 Å². The maximum atomic E-state index is 12.3. The average Bonchev–Trinajstić information content (AvgIpc) is 2.26. The maximum absolute atomic E-state index is 12.3. The van der Waals surface area contributed by atoms with E-state index in [2.05, 4.69) is 34.8 Å². The normalized spacial score (nSPS) is 19.1. The zero-order valence-electron chi connectivity index (χ0n) is 10.2. The summed E-state index contributed by atoms with van der Waals surface area (Å²) in [7, 11) is 0. The zero-order chi connectivity index (χ0) is 12.5. The Bertz CT molecular complexity index is 431. The van der Waals surface area contributed by atoms with E-state index >= 15 is 0 Å². The van der Waals surface area contributed by atoms with Crippen LogP contribution in [0, 0.1) is 5.41 Å². The van der Waals surface area contributed by atoms with Crippen molar-refractivity contribution in [2.45, 2.75) is 26.7 Å². The zero-order valence-corrected chi connectivity index (χ0v) is 11.8. The molecule has 0 N–H and O–H groups in total. The fourth-order valence-corrected chi connectivity index (χ4v) is 2.68. The minimum atomic E-state index is 0.112. The highest BCUT2D eigenvalue weighted by Gasteiger charge is 2.29. The summed E-state index contributed by atoms with van der Waals surface area (Å²) >= 11 is 3.30. The maximum Gasteiger partial charge on any atom is 0.254 e. The van der Waals surface area contributed by atoms with Crippen LogP contribution in [0.1, 0.15) is 37.0 Å². The molecule has 92 valence electrons. The number of pyridine rings is 1. The van der Waals surface area contributed by atoms with Gasteiger partial charge in [0, 0.05) is 24.8 Å². The number of halogens is 1. The van der Waals surface area contributed by atoms with Crippen molar-refractivity contribution in [3.63, 3.8) is 0 Å². The summed E-state index contributed by atoms with van der Waals surface area (Å²) in [6.07, 6.45) is 3.94. The van der Waals surface area contributed by atoms with E-state index in [9.17, 15) is 4.79 Å². The SMILES string of the molecule is CC1(C)CCCN(C(=O)c2ccnc(Br)c2)C1. The fraction of sp³-hybridized carbons (Fsp3) is 0.538. The van der Waals surface area contributed by atoms with Gasteiger partial charge in [0.1, 0.15) is 4.60 Å². The Morgan fingerprint density at radius 1 is 1.53 bits per heavy atom. The van der Waals surface area contributed by atoms with Gasteiger partial charge in [-0.15, -0.1) is 0 Å². The molecule has 0 aliphatic carbocycles. The first kappa shape index (κ1) is 12.6. The number of piperidine rings is 1. The number of carbonyl (C=O) groups excluding carboxylic acids is 1. The van der Waals surface area contributed by atoms with Crippen LogP contribution in [0.3, 0.4) is 0 Å². The summed E-state index contributed by atoms with van der Waals surface area (Å²) in [5.41, 5.74) is 0.947. The highest BCUT2D eigenvalue weighted by molar-refractivity contribution is 9.10. The summed E-state index contributed by atoms with van der Waals surface area (Å²) in [4.78, 5) is 18.3. The third kappa shape index (κ3) is 3.06. The second kappa shape index (κ2) is 4.77. The summed E-state index contributed by atoms with van der Waals surface area (Å²) < 4.78 is 0.708. The van der Waals surface area contributed by atoms with Crippen LogP contribution in [0.15, 0.2) is 22.9 Å². The van der Waals surface area contributed by atoms with Gasteiger partial charge in [0.05, 0.1) is 0 Å². The summed E-state index contributed by atoms with van der Waals surface area (Å²) in [6, 6.07) is 3.55. The fourth-order valence-electron chi connectivity index (χ4n) is 2.31. The molecule has 1 saturated heterocycles. The lowest BCUT2D eigenvalue weighted by atomic mass is 9.84. The van der Waals surface area contributed by atoms with E-state index in [0.29, 0.717) is 10.2 Å². The number of nitrogens with zero attached hydrogens (tertiary/aromatic N) is 2. The minimum absolute atomic E-state index is 0.112. The largest absolute Gasteiger partial charge is 0.338 e. The van der Waals surface area contributed by atoms with Crippen LogP contribution >= 0.6 is 15.9 Å². The average molecular weight is 297 g/mol. The third-order valence-electron chi connectivity index (χ3n) is 3.16. The Labute approximate surface area is 110 Å². The molecule has 0 aromatic carbocycles. The molecule has 0 spiro atoms. The standard InChI is InChI=1S/C13H17BrN2O/c1-13(2)5-3-7-16(9-13)12(17)10-4-6-15-11(14)8-10/h4,6,8H,3,5,7,9H2,1-2H3. The first-order valence-electron chi connectivity index (χ1n) is 5.89. The van der Waals surface area contributed by atoms with E-state index in [4.69, 9.17) is 0 Å². The van der Waals surface area contributed by atoms with E-state index < -0.39 is 0 Å². The Morgan fingerprint density at radius 2 is 2.29 bits per heavy atom. The molecule has 1 aromatic rings. The molecule has 1 aliphatic rings. The van der Waals surface area contributed by atoms with Gasteiger partial charge in [0.2, 0.25) is 0 Å². The predicted molar refractivity (Wildman–Crippen MR) is 70.9 cm³/mol. The van der Waals surface area contributed by atoms with Gasteiger partial charge in [0.15, 0.2) is 0 Å². The van der Waals surface area contributed by atoms with Gasteiger partial charge in [-0.1, -0.05) is 13.8 Å². The topological polar surface area (TPSA) is 33.2 Å². The van der Waals surface area contributed by atoms with Crippen molar-refractivity contribution in [2.24, 2.45) is 5.41 Å². The molecule has 1 aromatic heterocycles. The lowest BCUT2D eigenvalue weighted by Gasteiger charge is -2.38. The number of carbonyl (C=O) groups is 1. The molecule has 0 radical (unpaired) electrons. The van der Waals surface area contributed by atoms with E-state index in [-0.39, 0.29) is 11.3 Å². The first-order valence-corrected chi connectivity index (χ1v) is 6.68. The Kier molecular flexibility index (Phi) is 3.52. The molecule has 3 nitrogen and oxygen atoms in total. The second-order valence-electron chi connectivity index (χ2n) is 5.36. The van der Waals surface area contributed by atoms with Crippen molar-refractivity contribution in [2.75, 3.05) is 13.1 Å². The van der Waals surface area contributed by atoms with Crippen molar-refractivity contribution in [1.82, 2.24) is 9.88 Å². The van der Waals surface area contributed by atoms with Gasteiger partial charge in [-0.25, -0.2) is 4.98 Å². The number of likely N-dealkylation sites (tertiary alicyclic amines) is 1. The molecule has 0 atom stereocenters. The van der Waals surface area contributed by atoms with E-state index in [1.54, 1.807) is 18.3 Å². The number of hydrogen-bond donors (Lipinski definition) is 0. The molecule has 1 aliphatic heterocycles. The Hall–Kier alpha value is -0.900. The van der Waals surface area contributed by atoms with Crippen LogP contribution in [0.5, 0.6) is 0 Å². The summed E-state index contributed by atoms with van der Waals surface area (Å²) in [5.74, 6) is 0.112. The van der Waals surface area contributed by atoms with Crippen LogP contribution in [0.25, 0.3) is 0 Å². The van der Waals surface area contributed by atoms with Gasteiger partial charge < -0.3 is 4.90 Å². The van der Waals surface area contributed by atoms with Crippen molar-refractivity contribution in [3.05, 3.63) is 28.5 Å². The molecular weight excluding hydrogens is 280 g/mol. The Balaban J connectivity index is 2.15. The van der Waals surface area contributed by atoms with Gasteiger partial charge in [-0.2, -0.15) is 0 Å². The van der Waals surface area contributed by atoms with Gasteiger partial charge in [-0.05, 0) is 46.3 Å². The van der Waals surface area contributed by atoms with Crippen molar-refractivity contribution < 1.29 is 4.79 Å². The number of amides is 1. The van der Waals surface area contributed by atoms with Crippen LogP contribution in [-0.4, -0.2) is 28.9 Å². The number of aromatic nitrogens is 1. The smallest absolute Gasteiger partial charge is 0.254 e. The monoisotopic (exact) mass is 296 g/mol. The summed E-state index contributed by atoms with van der Waals surface area (Å²) in [5, 5.41) is 0. The van der Waals surface area contributed by atoms with Crippen LogP contribution < -0.4 is 0 Å². The predicted octanol–water partition coefficient (Wildman–Crippen LogP) is 3.11. The molecule has 0 saturated carbocycles. The molecule has 2 heterocycles. The minimum Gasteiger partial charge on any atom is -0.338 e. The highest BCUT2D eigenvalue weighted by Crippen LogP contribution is 2.29. The van der Waals surface area contributed by atoms with E-state index in [0.717, 1.165) is 19.5 Å². The van der Waals surface area contributed by atoms with Gasteiger partial charge in [-0.3, -0.25) is 4.79 Å². The molecule has 1 fully saturated rings. The molecule has 0 unspecified atom stereocenters. The quantitative estimate of drug-likeness (QED) is 0.746. The number of rotatable bonds is 1. The second-order valence-corrected chi connectivity index (χ2v) is 6.17. The lowest BCUT2D eigenvalue weighted by molar-refractivity contribution is 0.0583. The van der Waals surface area contributed by atoms with Crippen molar-refractivity contribution in [3.8, 4) is 0 Å². The van der Waals surface area contributed by atoms with Crippen LogP contribution in [0.2, 0.25) is 0 Å².